The van der Waals surface area contributed by atoms with E-state index in [1.54, 1.807) is 53.7 Å². The van der Waals surface area contributed by atoms with Crippen LogP contribution in [0.3, 0.4) is 0 Å². The van der Waals surface area contributed by atoms with Gasteiger partial charge >= 0.3 is 12.2 Å². The van der Waals surface area contributed by atoms with Crippen molar-refractivity contribution < 1.29 is 33.4 Å². The number of aromatic nitrogens is 1. The molecule has 4 N–H and O–H groups in total. The first kappa shape index (κ1) is 30.8. The number of benzene rings is 2. The highest BCUT2D eigenvalue weighted by molar-refractivity contribution is 6.09. The van der Waals surface area contributed by atoms with Gasteiger partial charge in [0.05, 0.1) is 12.1 Å². The molecule has 42 heavy (non-hydrogen) atoms. The smallest absolute Gasteiger partial charge is 0.410 e. The summed E-state index contributed by atoms with van der Waals surface area (Å²) in [5.74, 6) is -1.38. The molecule has 0 aliphatic carbocycles. The fourth-order valence-corrected chi connectivity index (χ4v) is 4.98. The van der Waals surface area contributed by atoms with Gasteiger partial charge in [0.1, 0.15) is 22.7 Å². The van der Waals surface area contributed by atoms with E-state index in [0.717, 1.165) is 10.9 Å². The predicted octanol–water partition coefficient (Wildman–Crippen LogP) is 4.82. The normalized spacial score (nSPS) is 19.0. The summed E-state index contributed by atoms with van der Waals surface area (Å²) in [6.07, 6.45) is -2.35. The van der Waals surface area contributed by atoms with E-state index in [4.69, 9.17) is 9.47 Å². The topological polar surface area (TPSA) is 133 Å². The van der Waals surface area contributed by atoms with Crippen LogP contribution in [-0.4, -0.2) is 76.1 Å². The maximum absolute atomic E-state index is 13.7. The van der Waals surface area contributed by atoms with Gasteiger partial charge in [-0.2, -0.15) is 0 Å². The Morgan fingerprint density at radius 3 is 2.24 bits per heavy atom. The Labute approximate surface area is 244 Å². The number of likely N-dealkylation sites (tertiary alicyclic amines) is 1. The van der Waals surface area contributed by atoms with Crippen LogP contribution >= 0.6 is 0 Å². The van der Waals surface area contributed by atoms with Gasteiger partial charge in [0.15, 0.2) is 0 Å². The van der Waals surface area contributed by atoms with E-state index >= 15 is 0 Å². The van der Waals surface area contributed by atoms with Crippen LogP contribution in [0.25, 0.3) is 22.0 Å². The molecule has 4 rings (SSSR count). The van der Waals surface area contributed by atoms with Crippen LogP contribution in [-0.2, 0) is 9.47 Å². The minimum Gasteiger partial charge on any atom is -0.444 e. The Morgan fingerprint density at radius 1 is 0.952 bits per heavy atom. The molecule has 1 saturated heterocycles. The molecule has 226 valence electrons. The molecule has 0 unspecified atom stereocenters. The Balaban J connectivity index is 1.55. The maximum Gasteiger partial charge on any atom is 0.410 e. The summed E-state index contributed by atoms with van der Waals surface area (Å²) in [7, 11) is 0. The molecule has 0 radical (unpaired) electrons. The molecule has 10 nitrogen and oxygen atoms in total. The molecule has 3 atom stereocenters. The highest BCUT2D eigenvalue weighted by Crippen LogP contribution is 2.33. The summed E-state index contributed by atoms with van der Waals surface area (Å²) in [5, 5.41) is 17.5. The number of alkyl carbamates (subject to hydrolysis) is 1. The van der Waals surface area contributed by atoms with Gasteiger partial charge in [-0.05, 0) is 65.3 Å². The molecule has 2 heterocycles. The number of H-pyrrole nitrogens is 1. The van der Waals surface area contributed by atoms with Crippen LogP contribution in [0.5, 0.6) is 0 Å². The minimum atomic E-state index is -1.08. The van der Waals surface area contributed by atoms with E-state index in [-0.39, 0.29) is 25.3 Å². The number of halogens is 1. The molecule has 3 amide bonds. The standard InChI is InChI=1S/C31H39FN4O6/c1-30(2,3)41-28(39)34-15-19-17-36(29(40)42-31(4,5)6)23(26(19)37)16-33-27(38)25-24(18-11-13-20(32)14-12-18)21-9-7-8-10-22(21)35-25/h7-14,19,23,26,35,37H,15-17H2,1-6H3,(H,33,38)(H,34,39)/t19-,23+,26-/m0/s1. The Hall–Kier alpha value is -4.12. The number of fused-ring (bicyclic) bond motifs is 1. The van der Waals surface area contributed by atoms with Crippen LogP contribution in [0.4, 0.5) is 14.0 Å². The molecular weight excluding hydrogens is 543 g/mol. The number of aliphatic hydroxyl groups is 1. The largest absolute Gasteiger partial charge is 0.444 e. The lowest BCUT2D eigenvalue weighted by atomic mass is 10.0. The zero-order valence-electron chi connectivity index (χ0n) is 24.8. The highest BCUT2D eigenvalue weighted by Gasteiger charge is 2.45. The first-order valence-corrected chi connectivity index (χ1v) is 13.9. The van der Waals surface area contributed by atoms with Gasteiger partial charge < -0.3 is 35.1 Å². The van der Waals surface area contributed by atoms with Gasteiger partial charge in [-0.3, -0.25) is 4.79 Å². The average Bonchev–Trinajstić information content (AvgIpc) is 3.42. The van der Waals surface area contributed by atoms with Crippen LogP contribution in [0, 0.1) is 11.7 Å². The Bertz CT molecular complexity index is 1440. The van der Waals surface area contributed by atoms with Gasteiger partial charge in [0.25, 0.3) is 5.91 Å². The molecule has 3 aromatic rings. The van der Waals surface area contributed by atoms with Crippen molar-refractivity contribution >= 4 is 29.0 Å². The lowest BCUT2D eigenvalue weighted by Gasteiger charge is -2.29. The number of amides is 3. The predicted molar refractivity (Wildman–Crippen MR) is 156 cm³/mol. The molecule has 0 spiro atoms. The number of hydrogen-bond donors (Lipinski definition) is 4. The van der Waals surface area contributed by atoms with Crippen LogP contribution < -0.4 is 10.6 Å². The Kier molecular flexibility index (Phi) is 8.81. The van der Waals surface area contributed by atoms with Crippen LogP contribution in [0.2, 0.25) is 0 Å². The van der Waals surface area contributed by atoms with E-state index in [1.807, 2.05) is 24.3 Å². The lowest BCUT2D eigenvalue weighted by molar-refractivity contribution is 0.0151. The monoisotopic (exact) mass is 582 g/mol. The second-order valence-corrected chi connectivity index (χ2v) is 12.5. The number of aromatic amines is 1. The van der Waals surface area contributed by atoms with Crippen molar-refractivity contribution in [1.29, 1.82) is 0 Å². The minimum absolute atomic E-state index is 0.0521. The van der Waals surface area contributed by atoms with Crippen molar-refractivity contribution in [2.45, 2.75) is 64.9 Å². The second-order valence-electron chi connectivity index (χ2n) is 12.5. The molecule has 0 saturated carbocycles. The number of hydrogen-bond acceptors (Lipinski definition) is 6. The van der Waals surface area contributed by atoms with Crippen molar-refractivity contribution in [3.63, 3.8) is 0 Å². The van der Waals surface area contributed by atoms with Gasteiger partial charge in [-0.15, -0.1) is 0 Å². The van der Waals surface area contributed by atoms with E-state index in [1.165, 1.54) is 17.0 Å². The van der Waals surface area contributed by atoms with Crippen molar-refractivity contribution in [1.82, 2.24) is 20.5 Å². The van der Waals surface area contributed by atoms with E-state index in [2.05, 4.69) is 15.6 Å². The summed E-state index contributed by atoms with van der Waals surface area (Å²) in [5.41, 5.74) is 0.788. The van der Waals surface area contributed by atoms with Crippen LogP contribution in [0.15, 0.2) is 48.5 Å². The molecule has 11 heteroatoms. The number of aliphatic hydroxyl groups excluding tert-OH is 1. The van der Waals surface area contributed by atoms with Crippen molar-refractivity contribution in [2.24, 2.45) is 5.92 Å². The fraction of sp³-hybridized carbons (Fsp3) is 0.452. The number of nitrogens with one attached hydrogen (secondary N) is 3. The Morgan fingerprint density at radius 2 is 1.60 bits per heavy atom. The second kappa shape index (κ2) is 12.0. The quantitative estimate of drug-likeness (QED) is 0.329. The number of ether oxygens (including phenoxy) is 2. The first-order valence-electron chi connectivity index (χ1n) is 13.9. The van der Waals surface area contributed by atoms with Gasteiger partial charge in [-0.1, -0.05) is 30.3 Å². The molecule has 2 aromatic carbocycles. The third-order valence-electron chi connectivity index (χ3n) is 6.78. The van der Waals surface area contributed by atoms with Crippen molar-refractivity contribution in [3.05, 3.63) is 60.0 Å². The van der Waals surface area contributed by atoms with Crippen molar-refractivity contribution in [2.75, 3.05) is 19.6 Å². The van der Waals surface area contributed by atoms with Gasteiger partial charge in [0.2, 0.25) is 0 Å². The number of para-hydroxylation sites is 1. The van der Waals surface area contributed by atoms with Crippen molar-refractivity contribution in [3.8, 4) is 11.1 Å². The third kappa shape index (κ3) is 7.39. The summed E-state index contributed by atoms with van der Waals surface area (Å²) in [4.78, 5) is 43.4. The zero-order chi connectivity index (χ0) is 30.8. The van der Waals surface area contributed by atoms with E-state index < -0.39 is 53.2 Å². The zero-order valence-corrected chi connectivity index (χ0v) is 24.8. The highest BCUT2D eigenvalue weighted by atomic mass is 19.1. The maximum atomic E-state index is 13.7. The molecule has 0 bridgehead atoms. The molecular formula is C31H39FN4O6. The van der Waals surface area contributed by atoms with Gasteiger partial charge in [0, 0.05) is 42.0 Å². The van der Waals surface area contributed by atoms with E-state index in [9.17, 15) is 23.9 Å². The SMILES string of the molecule is CC(C)(C)OC(=O)NC[C@H]1CN(C(=O)OC(C)(C)C)[C@H](CNC(=O)c2[nH]c3ccccc3c2-c2ccc(F)cc2)[C@H]1O. The molecule has 1 aromatic heterocycles. The summed E-state index contributed by atoms with van der Waals surface area (Å²) in [6, 6.07) is 12.5. The average molecular weight is 583 g/mol. The molecule has 1 aliphatic heterocycles. The van der Waals surface area contributed by atoms with Crippen LogP contribution in [0.1, 0.15) is 52.0 Å². The lowest BCUT2D eigenvalue weighted by Crippen LogP contribution is -2.49. The third-order valence-corrected chi connectivity index (χ3v) is 6.78. The molecule has 1 aliphatic rings. The number of carbonyl (C=O) groups is 3. The summed E-state index contributed by atoms with van der Waals surface area (Å²) in [6.45, 7) is 10.5. The van der Waals surface area contributed by atoms with E-state index in [0.29, 0.717) is 11.1 Å². The summed E-state index contributed by atoms with van der Waals surface area (Å²) < 4.78 is 24.5. The number of rotatable bonds is 6. The summed E-state index contributed by atoms with van der Waals surface area (Å²) >= 11 is 0. The fourth-order valence-electron chi connectivity index (χ4n) is 4.98. The van der Waals surface area contributed by atoms with Gasteiger partial charge in [-0.25, -0.2) is 14.0 Å². The molecule has 1 fully saturated rings. The number of nitrogens with zero attached hydrogens (tertiary/aromatic N) is 1. The number of carbonyl (C=O) groups excluding carboxylic acids is 3. The first-order chi connectivity index (χ1) is 19.6.